The fourth-order valence-corrected chi connectivity index (χ4v) is 2.12. The van der Waals surface area contributed by atoms with E-state index in [0.717, 1.165) is 16.9 Å². The molecule has 5 nitrogen and oxygen atoms in total. The molecular weight excluding hydrogens is 270 g/mol. The van der Waals surface area contributed by atoms with Crippen LogP contribution in [0.15, 0.2) is 12.1 Å². The van der Waals surface area contributed by atoms with Gasteiger partial charge < -0.3 is 14.4 Å². The lowest BCUT2D eigenvalue weighted by Crippen LogP contribution is -2.33. The van der Waals surface area contributed by atoms with Gasteiger partial charge in [-0.1, -0.05) is 17.7 Å². The number of nitrogens with zero attached hydrogens (tertiary/aromatic N) is 1. The van der Waals surface area contributed by atoms with Crippen molar-refractivity contribution in [3.63, 3.8) is 0 Å². The number of benzene rings is 1. The van der Waals surface area contributed by atoms with E-state index in [4.69, 9.17) is 4.74 Å². The Balaban J connectivity index is 2.55. The van der Waals surface area contributed by atoms with Gasteiger partial charge in [0.15, 0.2) is 6.61 Å². The molecule has 0 saturated carbocycles. The first-order valence-corrected chi connectivity index (χ1v) is 6.86. The molecule has 0 aliphatic heterocycles. The molecule has 0 spiro atoms. The molecule has 0 aromatic heterocycles. The molecule has 0 saturated heterocycles. The van der Waals surface area contributed by atoms with Crippen LogP contribution < -0.4 is 4.74 Å². The third-order valence-electron chi connectivity index (χ3n) is 3.25. The van der Waals surface area contributed by atoms with E-state index in [1.54, 1.807) is 7.05 Å². The molecular formula is C16H23NO4. The number of esters is 1. The average molecular weight is 293 g/mol. The number of likely N-dealkylation sites (N-methyl/N-ethyl adjacent to an activating group) is 1. The van der Waals surface area contributed by atoms with Gasteiger partial charge >= 0.3 is 5.97 Å². The zero-order chi connectivity index (χ0) is 16.0. The van der Waals surface area contributed by atoms with Gasteiger partial charge in [-0.25, -0.2) is 0 Å². The fraction of sp³-hybridized carbons (Fsp3) is 0.500. The molecule has 1 rings (SSSR count). The number of carbonyl (C=O) groups excluding carboxylic acids is 2. The normalized spacial score (nSPS) is 10.1. The highest BCUT2D eigenvalue weighted by Gasteiger charge is 2.13. The Kier molecular flexibility index (Phi) is 6.21. The number of carbonyl (C=O) groups is 2. The third kappa shape index (κ3) is 5.10. The molecule has 116 valence electrons. The zero-order valence-electron chi connectivity index (χ0n) is 13.4. The smallest absolute Gasteiger partial charge is 0.307 e. The van der Waals surface area contributed by atoms with Crippen molar-refractivity contribution in [3.8, 4) is 5.75 Å². The fourth-order valence-electron chi connectivity index (χ4n) is 2.12. The highest BCUT2D eigenvalue weighted by atomic mass is 16.5. The Morgan fingerprint density at radius 2 is 1.71 bits per heavy atom. The van der Waals surface area contributed by atoms with E-state index >= 15 is 0 Å². The van der Waals surface area contributed by atoms with Crippen molar-refractivity contribution in [2.45, 2.75) is 27.2 Å². The molecule has 5 heteroatoms. The molecule has 0 N–H and O–H groups in total. The molecule has 1 aromatic carbocycles. The lowest BCUT2D eigenvalue weighted by atomic mass is 10.1. The molecule has 0 unspecified atom stereocenters. The SMILES string of the molecule is COC(=O)CCN(C)C(=O)COc1c(C)cc(C)cc1C. The lowest BCUT2D eigenvalue weighted by Gasteiger charge is -2.18. The molecule has 0 atom stereocenters. The minimum atomic E-state index is -0.333. The van der Waals surface area contributed by atoms with Crippen LogP contribution in [0.1, 0.15) is 23.1 Å². The number of methoxy groups -OCH3 is 1. The van der Waals surface area contributed by atoms with Crippen molar-refractivity contribution in [2.24, 2.45) is 0 Å². The Labute approximate surface area is 125 Å². The number of aryl methyl sites for hydroxylation is 3. The van der Waals surface area contributed by atoms with E-state index in [-0.39, 0.29) is 24.9 Å². The van der Waals surface area contributed by atoms with Crippen LogP contribution in [0, 0.1) is 20.8 Å². The van der Waals surface area contributed by atoms with Crippen LogP contribution in [0.25, 0.3) is 0 Å². The van der Waals surface area contributed by atoms with Crippen LogP contribution in [0.4, 0.5) is 0 Å². The van der Waals surface area contributed by atoms with Gasteiger partial charge in [0.2, 0.25) is 0 Å². The van der Waals surface area contributed by atoms with Gasteiger partial charge in [0.1, 0.15) is 5.75 Å². The van der Waals surface area contributed by atoms with Crippen molar-refractivity contribution in [2.75, 3.05) is 27.3 Å². The summed E-state index contributed by atoms with van der Waals surface area (Å²) in [5.74, 6) is 0.245. The maximum atomic E-state index is 12.0. The van der Waals surface area contributed by atoms with E-state index in [1.807, 2.05) is 32.9 Å². The monoisotopic (exact) mass is 293 g/mol. The quantitative estimate of drug-likeness (QED) is 0.753. The lowest BCUT2D eigenvalue weighted by molar-refractivity contribution is -0.141. The average Bonchev–Trinajstić information content (AvgIpc) is 2.42. The summed E-state index contributed by atoms with van der Waals surface area (Å²) < 4.78 is 10.2. The van der Waals surface area contributed by atoms with E-state index in [0.29, 0.717) is 6.54 Å². The Morgan fingerprint density at radius 1 is 1.14 bits per heavy atom. The molecule has 0 fully saturated rings. The summed E-state index contributed by atoms with van der Waals surface area (Å²) in [5, 5.41) is 0. The number of hydrogen-bond acceptors (Lipinski definition) is 4. The largest absolute Gasteiger partial charge is 0.483 e. The second-order valence-corrected chi connectivity index (χ2v) is 5.16. The van der Waals surface area contributed by atoms with Gasteiger partial charge in [-0.3, -0.25) is 9.59 Å². The molecule has 0 bridgehead atoms. The predicted molar refractivity (Wildman–Crippen MR) is 80.4 cm³/mol. The van der Waals surface area contributed by atoms with E-state index in [9.17, 15) is 9.59 Å². The highest BCUT2D eigenvalue weighted by molar-refractivity contribution is 5.78. The Bertz CT molecular complexity index is 502. The van der Waals surface area contributed by atoms with Crippen molar-refractivity contribution in [1.82, 2.24) is 4.90 Å². The summed E-state index contributed by atoms with van der Waals surface area (Å²) in [6.45, 7) is 6.22. The van der Waals surface area contributed by atoms with E-state index in [2.05, 4.69) is 4.74 Å². The van der Waals surface area contributed by atoms with Gasteiger partial charge in [-0.15, -0.1) is 0 Å². The van der Waals surface area contributed by atoms with E-state index in [1.165, 1.54) is 17.6 Å². The Morgan fingerprint density at radius 3 is 2.24 bits per heavy atom. The molecule has 0 heterocycles. The molecule has 1 aromatic rings. The first kappa shape index (κ1) is 17.0. The van der Waals surface area contributed by atoms with Gasteiger partial charge in [-0.05, 0) is 31.9 Å². The van der Waals surface area contributed by atoms with Gasteiger partial charge in [0, 0.05) is 13.6 Å². The van der Waals surface area contributed by atoms with Gasteiger partial charge in [0.25, 0.3) is 5.91 Å². The maximum Gasteiger partial charge on any atom is 0.307 e. The molecule has 0 aliphatic carbocycles. The number of hydrogen-bond donors (Lipinski definition) is 0. The van der Waals surface area contributed by atoms with Gasteiger partial charge in [-0.2, -0.15) is 0 Å². The minimum Gasteiger partial charge on any atom is -0.483 e. The zero-order valence-corrected chi connectivity index (χ0v) is 13.4. The third-order valence-corrected chi connectivity index (χ3v) is 3.25. The highest BCUT2D eigenvalue weighted by Crippen LogP contribution is 2.24. The number of amides is 1. The Hall–Kier alpha value is -2.04. The van der Waals surface area contributed by atoms with Crippen LogP contribution >= 0.6 is 0 Å². The standard InChI is InChI=1S/C16H23NO4/c1-11-8-12(2)16(13(3)9-11)21-10-14(18)17(4)7-6-15(19)20-5/h8-9H,6-7,10H2,1-5H3. The maximum absolute atomic E-state index is 12.0. The molecule has 21 heavy (non-hydrogen) atoms. The van der Waals surface area contributed by atoms with E-state index < -0.39 is 0 Å². The van der Waals surface area contributed by atoms with Crippen LogP contribution in [-0.4, -0.2) is 44.1 Å². The second kappa shape index (κ2) is 7.67. The summed E-state index contributed by atoms with van der Waals surface area (Å²) in [6, 6.07) is 4.04. The van der Waals surface area contributed by atoms with Crippen LogP contribution in [0.3, 0.4) is 0 Å². The van der Waals surface area contributed by atoms with Crippen molar-refractivity contribution in [1.29, 1.82) is 0 Å². The summed E-state index contributed by atoms with van der Waals surface area (Å²) in [7, 11) is 2.97. The molecule has 0 radical (unpaired) electrons. The summed E-state index contributed by atoms with van der Waals surface area (Å²) >= 11 is 0. The first-order chi connectivity index (χ1) is 9.85. The number of ether oxygens (including phenoxy) is 2. The predicted octanol–water partition coefficient (Wildman–Crippen LogP) is 2.01. The minimum absolute atomic E-state index is 0.0393. The van der Waals surface area contributed by atoms with Crippen LogP contribution in [0.2, 0.25) is 0 Å². The number of rotatable bonds is 6. The van der Waals surface area contributed by atoms with Crippen molar-refractivity contribution < 1.29 is 19.1 Å². The van der Waals surface area contributed by atoms with Crippen LogP contribution in [0.5, 0.6) is 5.75 Å². The summed E-state index contributed by atoms with van der Waals surface area (Å²) in [5.41, 5.74) is 3.19. The molecule has 1 amide bonds. The van der Waals surface area contributed by atoms with Crippen molar-refractivity contribution >= 4 is 11.9 Å². The van der Waals surface area contributed by atoms with Crippen LogP contribution in [-0.2, 0) is 14.3 Å². The summed E-state index contributed by atoms with van der Waals surface area (Å²) in [4.78, 5) is 24.5. The molecule has 0 aliphatic rings. The topological polar surface area (TPSA) is 55.8 Å². The first-order valence-electron chi connectivity index (χ1n) is 6.86. The van der Waals surface area contributed by atoms with Gasteiger partial charge in [0.05, 0.1) is 13.5 Å². The summed E-state index contributed by atoms with van der Waals surface area (Å²) in [6.07, 6.45) is 0.182. The second-order valence-electron chi connectivity index (χ2n) is 5.16. The van der Waals surface area contributed by atoms with Crippen molar-refractivity contribution in [3.05, 3.63) is 28.8 Å².